The summed E-state index contributed by atoms with van der Waals surface area (Å²) in [5, 5.41) is 12.0. The van der Waals surface area contributed by atoms with Crippen molar-refractivity contribution in [1.29, 1.82) is 0 Å². The van der Waals surface area contributed by atoms with Crippen LogP contribution in [0.15, 0.2) is 29.1 Å². The number of aryl methyl sites for hydroxylation is 1. The Kier molecular flexibility index (Phi) is 6.63. The molecule has 0 saturated carbocycles. The normalized spacial score (nSPS) is 12.0. The molecule has 0 aliphatic carbocycles. The first-order valence-corrected chi connectivity index (χ1v) is 8.63. The SMILES string of the molecule is CC[C@@H](C)NC(=O)Cn1c(-c2cccc(F)c2)nc(C)c(CCO)c1=O. The summed E-state index contributed by atoms with van der Waals surface area (Å²) in [5.41, 5.74) is 0.827. The van der Waals surface area contributed by atoms with Crippen LogP contribution in [-0.2, 0) is 17.8 Å². The Hall–Kier alpha value is -2.54. The van der Waals surface area contributed by atoms with Gasteiger partial charge in [0, 0.05) is 35.9 Å². The summed E-state index contributed by atoms with van der Waals surface area (Å²) in [6.45, 7) is 5.07. The molecule has 1 atom stereocenters. The highest BCUT2D eigenvalue weighted by Crippen LogP contribution is 2.18. The van der Waals surface area contributed by atoms with Crippen molar-refractivity contribution in [3.05, 3.63) is 51.7 Å². The third-order valence-electron chi connectivity index (χ3n) is 4.24. The van der Waals surface area contributed by atoms with E-state index in [1.807, 2.05) is 13.8 Å². The van der Waals surface area contributed by atoms with Crippen LogP contribution >= 0.6 is 0 Å². The minimum absolute atomic E-state index is 0.0221. The number of nitrogens with one attached hydrogen (secondary N) is 1. The van der Waals surface area contributed by atoms with E-state index in [9.17, 15) is 19.1 Å². The molecule has 140 valence electrons. The number of nitrogens with zero attached hydrogens (tertiary/aromatic N) is 2. The number of halogens is 1. The molecule has 2 rings (SSSR count). The maximum atomic E-state index is 13.6. The molecule has 0 saturated heterocycles. The van der Waals surface area contributed by atoms with Crippen molar-refractivity contribution < 1.29 is 14.3 Å². The van der Waals surface area contributed by atoms with Gasteiger partial charge in [0.05, 0.1) is 0 Å². The van der Waals surface area contributed by atoms with Crippen molar-refractivity contribution in [2.24, 2.45) is 0 Å². The lowest BCUT2D eigenvalue weighted by Gasteiger charge is -2.17. The van der Waals surface area contributed by atoms with Crippen LogP contribution in [0.25, 0.3) is 11.4 Å². The number of aromatic nitrogens is 2. The lowest BCUT2D eigenvalue weighted by atomic mass is 10.1. The Labute approximate surface area is 151 Å². The Morgan fingerprint density at radius 2 is 2.15 bits per heavy atom. The van der Waals surface area contributed by atoms with Gasteiger partial charge in [-0.05, 0) is 32.4 Å². The first kappa shape index (κ1) is 19.8. The second-order valence-electron chi connectivity index (χ2n) is 6.25. The van der Waals surface area contributed by atoms with E-state index in [4.69, 9.17) is 0 Å². The van der Waals surface area contributed by atoms with Crippen LogP contribution in [0.2, 0.25) is 0 Å². The van der Waals surface area contributed by atoms with Gasteiger partial charge in [-0.1, -0.05) is 19.1 Å². The molecule has 2 aromatic rings. The van der Waals surface area contributed by atoms with Crippen molar-refractivity contribution >= 4 is 5.91 Å². The quantitative estimate of drug-likeness (QED) is 0.788. The first-order chi connectivity index (χ1) is 12.4. The molecule has 0 fully saturated rings. The summed E-state index contributed by atoms with van der Waals surface area (Å²) < 4.78 is 14.9. The summed E-state index contributed by atoms with van der Waals surface area (Å²) in [6.07, 6.45) is 0.910. The highest BCUT2D eigenvalue weighted by Gasteiger charge is 2.18. The number of aliphatic hydroxyl groups excluding tert-OH is 1. The molecule has 1 heterocycles. The molecule has 1 amide bonds. The van der Waals surface area contributed by atoms with Crippen molar-refractivity contribution in [3.63, 3.8) is 0 Å². The van der Waals surface area contributed by atoms with Crippen LogP contribution in [-0.4, -0.2) is 33.2 Å². The minimum atomic E-state index is -0.454. The zero-order valence-electron chi connectivity index (χ0n) is 15.3. The Morgan fingerprint density at radius 1 is 1.42 bits per heavy atom. The van der Waals surface area contributed by atoms with Crippen molar-refractivity contribution in [2.45, 2.75) is 46.2 Å². The van der Waals surface area contributed by atoms with E-state index in [1.54, 1.807) is 13.0 Å². The fraction of sp³-hybridized carbons (Fsp3) is 0.421. The lowest BCUT2D eigenvalue weighted by Crippen LogP contribution is -2.39. The Morgan fingerprint density at radius 3 is 2.77 bits per heavy atom. The van der Waals surface area contributed by atoms with Gasteiger partial charge in [-0.3, -0.25) is 14.2 Å². The van der Waals surface area contributed by atoms with Crippen LogP contribution in [0.3, 0.4) is 0 Å². The fourth-order valence-corrected chi connectivity index (χ4v) is 2.66. The molecule has 0 spiro atoms. The summed E-state index contributed by atoms with van der Waals surface area (Å²) in [4.78, 5) is 29.6. The highest BCUT2D eigenvalue weighted by atomic mass is 19.1. The van der Waals surface area contributed by atoms with Crippen LogP contribution in [0.5, 0.6) is 0 Å². The summed E-state index contributed by atoms with van der Waals surface area (Å²) >= 11 is 0. The Balaban J connectivity index is 2.56. The largest absolute Gasteiger partial charge is 0.396 e. The fourth-order valence-electron chi connectivity index (χ4n) is 2.66. The number of carbonyl (C=O) groups is 1. The standard InChI is InChI=1S/C19H24FN3O3/c1-4-12(2)21-17(25)11-23-18(14-6-5-7-15(20)10-14)22-13(3)16(8-9-24)19(23)26/h5-7,10,12,24H,4,8-9,11H2,1-3H3,(H,21,25)/t12-/m1/s1. The predicted molar refractivity (Wildman–Crippen MR) is 97.3 cm³/mol. The average Bonchev–Trinajstić information content (AvgIpc) is 2.60. The summed E-state index contributed by atoms with van der Waals surface area (Å²) in [7, 11) is 0. The molecule has 0 aliphatic heterocycles. The highest BCUT2D eigenvalue weighted by molar-refractivity contribution is 5.76. The molecule has 0 aliphatic rings. The van der Waals surface area contributed by atoms with Gasteiger partial charge in [0.2, 0.25) is 5.91 Å². The average molecular weight is 361 g/mol. The molecule has 26 heavy (non-hydrogen) atoms. The van der Waals surface area contributed by atoms with Gasteiger partial charge in [0.25, 0.3) is 5.56 Å². The number of hydrogen-bond donors (Lipinski definition) is 2. The van der Waals surface area contributed by atoms with Gasteiger partial charge < -0.3 is 10.4 Å². The third-order valence-corrected chi connectivity index (χ3v) is 4.24. The van der Waals surface area contributed by atoms with Gasteiger partial charge in [-0.2, -0.15) is 0 Å². The molecule has 0 bridgehead atoms. The van der Waals surface area contributed by atoms with E-state index in [2.05, 4.69) is 10.3 Å². The zero-order chi connectivity index (χ0) is 19.3. The maximum Gasteiger partial charge on any atom is 0.257 e. The Bertz CT molecular complexity index is 848. The predicted octanol–water partition coefficient (Wildman–Crippen LogP) is 1.81. The lowest BCUT2D eigenvalue weighted by molar-refractivity contribution is -0.122. The van der Waals surface area contributed by atoms with E-state index < -0.39 is 11.4 Å². The third kappa shape index (κ3) is 4.54. The van der Waals surface area contributed by atoms with Crippen LogP contribution < -0.4 is 10.9 Å². The molecule has 1 aromatic heterocycles. The number of benzene rings is 1. The van der Waals surface area contributed by atoms with E-state index in [0.717, 1.165) is 6.42 Å². The van der Waals surface area contributed by atoms with E-state index >= 15 is 0 Å². The van der Waals surface area contributed by atoms with Crippen molar-refractivity contribution in [3.8, 4) is 11.4 Å². The first-order valence-electron chi connectivity index (χ1n) is 8.63. The van der Waals surface area contributed by atoms with Crippen LogP contribution in [0.1, 0.15) is 31.5 Å². The second kappa shape index (κ2) is 8.71. The molecule has 6 nitrogen and oxygen atoms in total. The smallest absolute Gasteiger partial charge is 0.257 e. The monoisotopic (exact) mass is 361 g/mol. The summed E-state index contributed by atoms with van der Waals surface area (Å²) in [6, 6.07) is 5.72. The number of rotatable bonds is 7. The number of aliphatic hydroxyl groups is 1. The van der Waals surface area contributed by atoms with Gasteiger partial charge in [0.15, 0.2) is 0 Å². The molecular weight excluding hydrogens is 337 g/mol. The van der Waals surface area contributed by atoms with E-state index in [1.165, 1.54) is 22.8 Å². The minimum Gasteiger partial charge on any atom is -0.396 e. The van der Waals surface area contributed by atoms with Crippen molar-refractivity contribution in [2.75, 3.05) is 6.61 Å². The van der Waals surface area contributed by atoms with E-state index in [-0.39, 0.29) is 37.3 Å². The van der Waals surface area contributed by atoms with Crippen LogP contribution in [0.4, 0.5) is 4.39 Å². The number of carbonyl (C=O) groups excluding carboxylic acids is 1. The number of hydrogen-bond acceptors (Lipinski definition) is 4. The van der Waals surface area contributed by atoms with Gasteiger partial charge in [-0.25, -0.2) is 9.37 Å². The molecule has 7 heteroatoms. The molecule has 0 unspecified atom stereocenters. The van der Waals surface area contributed by atoms with Gasteiger partial charge in [0.1, 0.15) is 18.2 Å². The molecular formula is C19H24FN3O3. The molecule has 1 aromatic carbocycles. The zero-order valence-corrected chi connectivity index (χ0v) is 15.3. The molecule has 2 N–H and O–H groups in total. The topological polar surface area (TPSA) is 84.2 Å². The van der Waals surface area contributed by atoms with Crippen molar-refractivity contribution in [1.82, 2.24) is 14.9 Å². The second-order valence-corrected chi connectivity index (χ2v) is 6.25. The molecule has 0 radical (unpaired) electrons. The van der Waals surface area contributed by atoms with Gasteiger partial charge >= 0.3 is 0 Å². The maximum absolute atomic E-state index is 13.6. The number of amides is 1. The van der Waals surface area contributed by atoms with Gasteiger partial charge in [-0.15, -0.1) is 0 Å². The summed E-state index contributed by atoms with van der Waals surface area (Å²) in [5.74, 6) is -0.544. The van der Waals surface area contributed by atoms with E-state index in [0.29, 0.717) is 16.8 Å². The van der Waals surface area contributed by atoms with Crippen LogP contribution in [0, 0.1) is 12.7 Å².